The molecule has 0 amide bonds. The predicted molar refractivity (Wildman–Crippen MR) is 188 cm³/mol. The summed E-state index contributed by atoms with van der Waals surface area (Å²) in [6.07, 6.45) is 1.56. The average Bonchev–Trinajstić information content (AvgIpc) is 3.03. The van der Waals surface area contributed by atoms with Gasteiger partial charge in [0, 0.05) is 51.2 Å². The summed E-state index contributed by atoms with van der Waals surface area (Å²) < 4.78 is 40.6. The summed E-state index contributed by atoms with van der Waals surface area (Å²) in [6.45, 7) is 6.90. The fraction of sp³-hybridized carbons (Fsp3) is 0.576. The van der Waals surface area contributed by atoms with Crippen LogP contribution in [0.5, 0.6) is 17.2 Å². The van der Waals surface area contributed by atoms with E-state index in [0.29, 0.717) is 75.0 Å². The van der Waals surface area contributed by atoms with Crippen molar-refractivity contribution >= 4 is 27.8 Å². The smallest absolute Gasteiger partial charge is 0.339 e. The maximum atomic E-state index is 12.4. The van der Waals surface area contributed by atoms with Crippen molar-refractivity contribution in [3.8, 4) is 17.2 Å². The van der Waals surface area contributed by atoms with Gasteiger partial charge in [-0.3, -0.25) is 23.7 Å². The average molecular weight is 749 g/mol. The van der Waals surface area contributed by atoms with Crippen molar-refractivity contribution < 1.29 is 62.7 Å². The first-order valence-corrected chi connectivity index (χ1v) is 19.9. The van der Waals surface area contributed by atoms with Crippen molar-refractivity contribution in [2.24, 2.45) is 0 Å². The van der Waals surface area contributed by atoms with Gasteiger partial charge in [0.05, 0.1) is 26.4 Å². The number of phenols is 2. The lowest BCUT2D eigenvalue weighted by molar-refractivity contribution is -0.120. The Bertz CT molecular complexity index is 1390. The lowest BCUT2D eigenvalue weighted by atomic mass is 10.0. The third-order valence-corrected chi connectivity index (χ3v) is 9.23. The molecule has 2 aromatic rings. The Morgan fingerprint density at radius 2 is 1.48 bits per heavy atom. The number of methoxy groups -OCH3 is 1. The number of para-hydroxylation sites is 1. The number of carbonyl (C=O) groups is 2. The van der Waals surface area contributed by atoms with Crippen molar-refractivity contribution in [2.75, 3.05) is 52.7 Å². The zero-order valence-corrected chi connectivity index (χ0v) is 31.0. The van der Waals surface area contributed by atoms with Crippen molar-refractivity contribution in [3.63, 3.8) is 0 Å². The van der Waals surface area contributed by atoms with Crippen LogP contribution >= 0.6 is 15.2 Å². The summed E-state index contributed by atoms with van der Waals surface area (Å²) in [6, 6.07) is 9.01. The van der Waals surface area contributed by atoms with Crippen LogP contribution in [-0.2, 0) is 41.3 Å². The number of benzene rings is 2. The topological polar surface area (TPSA) is 224 Å². The summed E-state index contributed by atoms with van der Waals surface area (Å²) in [5.41, 5.74) is 1.67. The molecular formula is C33H54N2O13P2. The second-order valence-corrected chi connectivity index (χ2v) is 15.0. The van der Waals surface area contributed by atoms with Crippen LogP contribution in [0.1, 0.15) is 62.1 Å². The number of unbranched alkanes of at least 4 members (excludes halogenated alkanes) is 2. The van der Waals surface area contributed by atoms with Crippen molar-refractivity contribution in [2.45, 2.75) is 71.5 Å². The number of hydrogen-bond acceptors (Lipinski definition) is 11. The number of aromatic hydroxyl groups is 2. The molecule has 0 aliphatic rings. The Balaban J connectivity index is 0.00000613. The first-order valence-electron chi connectivity index (χ1n) is 16.3. The number of carbonyl (C=O) groups excluding carboxylic acids is 2. The Labute approximate surface area is 294 Å². The summed E-state index contributed by atoms with van der Waals surface area (Å²) in [4.78, 5) is 63.6. The standard InChI is InChI=1S/C32H52N2O12P2.CH2O/c1-4-46-32-27(11-9-15-31(32)37)20-33(23-47(38,39)40)22-28(12-6-5-7-13-29(35)16-17-45-19-18-44-3)34(24-48(41,42)43)21-26-10-8-14-30(36)25(26)2;1-2/h8-11,14-15,28,36-37H,4-7,12-13,16-24H2,1-3H3,(H2,38,39,40)(H2,41,42,43);1H2. The first-order chi connectivity index (χ1) is 23.6. The van der Waals surface area contributed by atoms with Crippen LogP contribution < -0.4 is 4.74 Å². The number of phenolic OH excluding ortho intramolecular Hbond substituents is 2. The van der Waals surface area contributed by atoms with E-state index in [1.54, 1.807) is 50.1 Å². The van der Waals surface area contributed by atoms with Crippen LogP contribution in [0.4, 0.5) is 0 Å². The minimum absolute atomic E-state index is 0.00192. The molecule has 0 aliphatic heterocycles. The van der Waals surface area contributed by atoms with Crippen LogP contribution in [0, 0.1) is 6.92 Å². The molecule has 2 aromatic carbocycles. The second kappa shape index (κ2) is 23.7. The van der Waals surface area contributed by atoms with E-state index >= 15 is 0 Å². The minimum atomic E-state index is -4.62. The van der Waals surface area contributed by atoms with Gasteiger partial charge in [-0.15, -0.1) is 0 Å². The first kappa shape index (κ1) is 45.3. The highest BCUT2D eigenvalue weighted by atomic mass is 31.2. The van der Waals surface area contributed by atoms with Gasteiger partial charge >= 0.3 is 15.2 Å². The van der Waals surface area contributed by atoms with Gasteiger partial charge in [-0.1, -0.05) is 37.1 Å². The van der Waals surface area contributed by atoms with E-state index < -0.39 is 33.8 Å². The van der Waals surface area contributed by atoms with E-state index in [0.717, 1.165) is 0 Å². The normalized spacial score (nSPS) is 12.5. The van der Waals surface area contributed by atoms with Gasteiger partial charge in [-0.25, -0.2) is 0 Å². The highest BCUT2D eigenvalue weighted by molar-refractivity contribution is 7.51. The molecule has 0 aromatic heterocycles. The molecule has 0 fully saturated rings. The maximum absolute atomic E-state index is 12.4. The minimum Gasteiger partial charge on any atom is -0.508 e. The molecule has 0 aliphatic carbocycles. The van der Waals surface area contributed by atoms with E-state index in [-0.39, 0.29) is 49.3 Å². The molecule has 0 spiro atoms. The molecule has 1 unspecified atom stereocenters. The van der Waals surface area contributed by atoms with Crippen LogP contribution in [0.3, 0.4) is 0 Å². The molecule has 17 heteroatoms. The summed E-state index contributed by atoms with van der Waals surface area (Å²) >= 11 is 0. The Morgan fingerprint density at radius 1 is 0.840 bits per heavy atom. The van der Waals surface area contributed by atoms with Crippen LogP contribution in [0.15, 0.2) is 36.4 Å². The molecule has 2 rings (SSSR count). The third kappa shape index (κ3) is 18.5. The predicted octanol–water partition coefficient (Wildman–Crippen LogP) is 4.14. The fourth-order valence-corrected chi connectivity index (χ4v) is 6.93. The number of hydrogen-bond donors (Lipinski definition) is 6. The highest BCUT2D eigenvalue weighted by Gasteiger charge is 2.31. The van der Waals surface area contributed by atoms with Gasteiger partial charge in [0.25, 0.3) is 0 Å². The SMILES string of the molecule is C=O.CCOc1c(O)cccc1CN(CC(CCCCCC(=O)CCOCCOC)N(Cc1cccc(O)c1C)CP(=O)(O)O)CP(=O)(O)O. The van der Waals surface area contributed by atoms with Gasteiger partial charge in [-0.2, -0.15) is 0 Å². The molecular weight excluding hydrogens is 694 g/mol. The zero-order chi connectivity index (χ0) is 37.7. The van der Waals surface area contributed by atoms with Crippen LogP contribution in [-0.4, -0.2) is 111 Å². The Hall–Kier alpha value is -2.68. The molecule has 0 saturated heterocycles. The van der Waals surface area contributed by atoms with E-state index in [9.17, 15) is 43.7 Å². The fourth-order valence-electron chi connectivity index (χ4n) is 5.39. The van der Waals surface area contributed by atoms with Crippen molar-refractivity contribution in [1.29, 1.82) is 0 Å². The lowest BCUT2D eigenvalue weighted by Gasteiger charge is -2.36. The molecule has 284 valence electrons. The molecule has 1 atom stereocenters. The van der Waals surface area contributed by atoms with Crippen LogP contribution in [0.2, 0.25) is 0 Å². The largest absolute Gasteiger partial charge is 0.508 e. The Morgan fingerprint density at radius 3 is 2.10 bits per heavy atom. The maximum Gasteiger partial charge on any atom is 0.339 e. The van der Waals surface area contributed by atoms with Crippen LogP contribution in [0.25, 0.3) is 0 Å². The summed E-state index contributed by atoms with van der Waals surface area (Å²) in [7, 11) is -7.66. The third-order valence-electron chi connectivity index (χ3n) is 7.73. The number of rotatable bonds is 25. The molecule has 6 N–H and O–H groups in total. The van der Waals surface area contributed by atoms with E-state index in [1.165, 1.54) is 17.0 Å². The monoisotopic (exact) mass is 748 g/mol. The van der Waals surface area contributed by atoms with Gasteiger partial charge in [-0.05, 0) is 49.9 Å². The molecule has 15 nitrogen and oxygen atoms in total. The van der Waals surface area contributed by atoms with Gasteiger partial charge in [0.15, 0.2) is 11.5 Å². The van der Waals surface area contributed by atoms with Gasteiger partial charge in [0.1, 0.15) is 30.9 Å². The van der Waals surface area contributed by atoms with E-state index in [2.05, 4.69) is 0 Å². The Kier molecular flexibility index (Phi) is 21.5. The number of ether oxygens (including phenoxy) is 3. The number of Topliss-reactive ketones (excluding diaryl/α,β-unsaturated/α-hetero) is 1. The number of ketones is 1. The summed E-state index contributed by atoms with van der Waals surface area (Å²) in [5, 5.41) is 20.7. The second-order valence-electron chi connectivity index (χ2n) is 11.8. The molecule has 50 heavy (non-hydrogen) atoms. The quantitative estimate of drug-likeness (QED) is 0.0620. The molecule has 0 bridgehead atoms. The van der Waals surface area contributed by atoms with E-state index in [1.807, 2.05) is 6.79 Å². The zero-order valence-electron chi connectivity index (χ0n) is 29.2. The molecule has 0 saturated carbocycles. The summed E-state index contributed by atoms with van der Waals surface area (Å²) in [5.74, 6) is 0.156. The van der Waals surface area contributed by atoms with E-state index in [4.69, 9.17) is 19.0 Å². The van der Waals surface area contributed by atoms with Gasteiger partial charge in [0.2, 0.25) is 0 Å². The molecule has 0 heterocycles. The van der Waals surface area contributed by atoms with Crippen molar-refractivity contribution in [1.82, 2.24) is 9.80 Å². The highest BCUT2D eigenvalue weighted by Crippen LogP contribution is 2.40. The lowest BCUT2D eigenvalue weighted by Crippen LogP contribution is -2.44. The number of nitrogens with zero attached hydrogens (tertiary/aromatic N) is 2. The van der Waals surface area contributed by atoms with Gasteiger partial charge < -0.3 is 48.8 Å². The van der Waals surface area contributed by atoms with Crippen molar-refractivity contribution in [3.05, 3.63) is 53.1 Å². The molecule has 0 radical (unpaired) electrons.